The first kappa shape index (κ1) is 11.9. The monoisotopic (exact) mass is 234 g/mol. The first-order chi connectivity index (χ1) is 8.18. The zero-order chi connectivity index (χ0) is 12.3. The molecule has 1 fully saturated rings. The first-order valence-corrected chi connectivity index (χ1v) is 5.94. The maximum absolute atomic E-state index is 11.9. The van der Waals surface area contributed by atoms with E-state index in [-0.39, 0.29) is 17.6 Å². The Morgan fingerprint density at radius 3 is 2.88 bits per heavy atom. The van der Waals surface area contributed by atoms with Crippen LogP contribution in [0.4, 0.5) is 0 Å². The van der Waals surface area contributed by atoms with Crippen LogP contribution < -0.4 is 10.6 Å². The van der Waals surface area contributed by atoms with Crippen molar-refractivity contribution in [2.45, 2.75) is 13.5 Å². The third kappa shape index (κ3) is 2.77. The maximum atomic E-state index is 11.9. The standard InChI is InChI=1S/C13H18N2O2/c1-9-6-14-8-11(9)13(17)15-7-10-4-2-3-5-12(10)16/h2-5,9,11,14,16H,6-8H2,1H3,(H,15,17)/t9-,11-/m1/s1. The van der Waals surface area contributed by atoms with Crippen molar-refractivity contribution >= 4 is 5.91 Å². The molecule has 0 bridgehead atoms. The minimum atomic E-state index is 0.0425. The summed E-state index contributed by atoms with van der Waals surface area (Å²) in [5.41, 5.74) is 0.749. The zero-order valence-corrected chi connectivity index (χ0v) is 9.94. The van der Waals surface area contributed by atoms with Gasteiger partial charge < -0.3 is 15.7 Å². The van der Waals surface area contributed by atoms with E-state index in [2.05, 4.69) is 17.6 Å². The molecule has 17 heavy (non-hydrogen) atoms. The van der Waals surface area contributed by atoms with Gasteiger partial charge in [-0.15, -0.1) is 0 Å². The molecular formula is C13H18N2O2. The molecule has 4 nitrogen and oxygen atoms in total. The number of amides is 1. The molecule has 0 aliphatic carbocycles. The Kier molecular flexibility index (Phi) is 3.64. The average Bonchev–Trinajstić information content (AvgIpc) is 2.74. The molecule has 0 spiro atoms. The lowest BCUT2D eigenvalue weighted by Crippen LogP contribution is -2.33. The Morgan fingerprint density at radius 2 is 2.24 bits per heavy atom. The van der Waals surface area contributed by atoms with Crippen LogP contribution in [-0.2, 0) is 11.3 Å². The van der Waals surface area contributed by atoms with Crippen molar-refractivity contribution in [3.63, 3.8) is 0 Å². The van der Waals surface area contributed by atoms with Crippen molar-refractivity contribution in [2.24, 2.45) is 11.8 Å². The fraction of sp³-hybridized carbons (Fsp3) is 0.462. The van der Waals surface area contributed by atoms with Crippen LogP contribution in [0.2, 0.25) is 0 Å². The van der Waals surface area contributed by atoms with E-state index in [1.165, 1.54) is 0 Å². The molecule has 2 rings (SSSR count). The van der Waals surface area contributed by atoms with E-state index < -0.39 is 0 Å². The van der Waals surface area contributed by atoms with Crippen LogP contribution in [0.1, 0.15) is 12.5 Å². The van der Waals surface area contributed by atoms with Crippen molar-refractivity contribution in [2.75, 3.05) is 13.1 Å². The first-order valence-electron chi connectivity index (χ1n) is 5.94. The van der Waals surface area contributed by atoms with Crippen molar-refractivity contribution in [3.05, 3.63) is 29.8 Å². The number of aromatic hydroxyl groups is 1. The summed E-state index contributed by atoms with van der Waals surface area (Å²) >= 11 is 0. The smallest absolute Gasteiger partial charge is 0.224 e. The van der Waals surface area contributed by atoms with Crippen LogP contribution in [0, 0.1) is 11.8 Å². The number of carbonyl (C=O) groups is 1. The molecule has 3 N–H and O–H groups in total. The number of hydrogen-bond acceptors (Lipinski definition) is 3. The Morgan fingerprint density at radius 1 is 1.47 bits per heavy atom. The summed E-state index contributed by atoms with van der Waals surface area (Å²) in [5.74, 6) is 0.705. The number of phenols is 1. The van der Waals surface area contributed by atoms with Gasteiger partial charge in [0, 0.05) is 18.7 Å². The molecule has 1 aromatic carbocycles. The van der Waals surface area contributed by atoms with Crippen molar-refractivity contribution in [3.8, 4) is 5.75 Å². The highest BCUT2D eigenvalue weighted by Crippen LogP contribution is 2.18. The molecule has 1 heterocycles. The highest BCUT2D eigenvalue weighted by atomic mass is 16.3. The topological polar surface area (TPSA) is 61.4 Å². The molecule has 0 radical (unpaired) electrons. The summed E-state index contributed by atoms with van der Waals surface area (Å²) in [6.07, 6.45) is 0. The summed E-state index contributed by atoms with van der Waals surface area (Å²) in [4.78, 5) is 11.9. The summed E-state index contributed by atoms with van der Waals surface area (Å²) in [7, 11) is 0. The Hall–Kier alpha value is -1.55. The molecule has 0 unspecified atom stereocenters. The van der Waals surface area contributed by atoms with Gasteiger partial charge in [-0.2, -0.15) is 0 Å². The number of phenolic OH excluding ortho intramolecular Hbond substituents is 1. The highest BCUT2D eigenvalue weighted by molar-refractivity contribution is 5.79. The second-order valence-corrected chi connectivity index (χ2v) is 4.59. The lowest BCUT2D eigenvalue weighted by Gasteiger charge is -2.14. The Balaban J connectivity index is 1.90. The Bertz CT molecular complexity index is 406. The van der Waals surface area contributed by atoms with Crippen LogP contribution in [0.25, 0.3) is 0 Å². The van der Waals surface area contributed by atoms with Crippen LogP contribution in [0.15, 0.2) is 24.3 Å². The van der Waals surface area contributed by atoms with Crippen LogP contribution in [0.3, 0.4) is 0 Å². The second kappa shape index (κ2) is 5.19. The van der Waals surface area contributed by atoms with E-state index in [0.29, 0.717) is 12.5 Å². The van der Waals surface area contributed by atoms with Gasteiger partial charge in [-0.05, 0) is 18.5 Å². The molecule has 1 amide bonds. The van der Waals surface area contributed by atoms with Crippen molar-refractivity contribution in [1.29, 1.82) is 0 Å². The van der Waals surface area contributed by atoms with E-state index in [0.717, 1.165) is 18.7 Å². The number of carbonyl (C=O) groups excluding carboxylic acids is 1. The van der Waals surface area contributed by atoms with Gasteiger partial charge >= 0.3 is 0 Å². The minimum absolute atomic E-state index is 0.0425. The number of nitrogens with one attached hydrogen (secondary N) is 2. The second-order valence-electron chi connectivity index (χ2n) is 4.59. The SMILES string of the molecule is C[C@@H]1CNC[C@H]1C(=O)NCc1ccccc1O. The number of rotatable bonds is 3. The fourth-order valence-corrected chi connectivity index (χ4v) is 2.13. The van der Waals surface area contributed by atoms with Crippen LogP contribution >= 0.6 is 0 Å². The van der Waals surface area contributed by atoms with Crippen molar-refractivity contribution < 1.29 is 9.90 Å². The molecule has 1 aliphatic rings. The van der Waals surface area contributed by atoms with Crippen molar-refractivity contribution in [1.82, 2.24) is 10.6 Å². The molecule has 4 heteroatoms. The number of para-hydroxylation sites is 1. The fourth-order valence-electron chi connectivity index (χ4n) is 2.13. The molecule has 92 valence electrons. The molecule has 1 aromatic rings. The quantitative estimate of drug-likeness (QED) is 0.727. The van der Waals surface area contributed by atoms with E-state index in [9.17, 15) is 9.90 Å². The predicted octanol–water partition coefficient (Wildman–Crippen LogP) is 0.864. The third-order valence-corrected chi connectivity index (χ3v) is 3.30. The zero-order valence-electron chi connectivity index (χ0n) is 9.94. The summed E-state index contributed by atoms with van der Waals surface area (Å²) < 4.78 is 0. The van der Waals surface area contributed by atoms with Gasteiger partial charge in [0.1, 0.15) is 5.75 Å². The molecule has 0 saturated carbocycles. The summed E-state index contributed by atoms with van der Waals surface area (Å²) in [5, 5.41) is 15.7. The van der Waals surface area contributed by atoms with Gasteiger partial charge in [-0.1, -0.05) is 25.1 Å². The highest BCUT2D eigenvalue weighted by Gasteiger charge is 2.29. The molecule has 1 aliphatic heterocycles. The molecule has 0 aromatic heterocycles. The van der Waals surface area contributed by atoms with Gasteiger partial charge in [-0.3, -0.25) is 4.79 Å². The lowest BCUT2D eigenvalue weighted by atomic mass is 9.97. The van der Waals surface area contributed by atoms with E-state index in [1.54, 1.807) is 12.1 Å². The van der Waals surface area contributed by atoms with Gasteiger partial charge in [-0.25, -0.2) is 0 Å². The largest absolute Gasteiger partial charge is 0.508 e. The van der Waals surface area contributed by atoms with Crippen LogP contribution in [0.5, 0.6) is 5.75 Å². The van der Waals surface area contributed by atoms with Gasteiger partial charge in [0.2, 0.25) is 5.91 Å². The van der Waals surface area contributed by atoms with Gasteiger partial charge in [0.05, 0.1) is 5.92 Å². The lowest BCUT2D eigenvalue weighted by molar-refractivity contribution is -0.125. The molecule has 2 atom stereocenters. The molecular weight excluding hydrogens is 216 g/mol. The minimum Gasteiger partial charge on any atom is -0.508 e. The number of benzene rings is 1. The average molecular weight is 234 g/mol. The van der Waals surface area contributed by atoms with Crippen LogP contribution in [-0.4, -0.2) is 24.1 Å². The van der Waals surface area contributed by atoms with E-state index >= 15 is 0 Å². The third-order valence-electron chi connectivity index (χ3n) is 3.30. The van der Waals surface area contributed by atoms with Gasteiger partial charge in [0.15, 0.2) is 0 Å². The van der Waals surface area contributed by atoms with E-state index in [1.807, 2.05) is 12.1 Å². The summed E-state index contributed by atoms with van der Waals surface area (Å²) in [6.45, 7) is 4.10. The van der Waals surface area contributed by atoms with Gasteiger partial charge in [0.25, 0.3) is 0 Å². The van der Waals surface area contributed by atoms with E-state index in [4.69, 9.17) is 0 Å². The predicted molar refractivity (Wildman–Crippen MR) is 65.5 cm³/mol. The maximum Gasteiger partial charge on any atom is 0.224 e. The number of hydrogen-bond donors (Lipinski definition) is 3. The Labute approximate surface area is 101 Å². The normalized spacial score (nSPS) is 23.6. The summed E-state index contributed by atoms with van der Waals surface area (Å²) in [6, 6.07) is 7.05. The molecule has 1 saturated heterocycles.